The monoisotopic (exact) mass is 256 g/mol. The molecule has 0 aliphatic heterocycles. The number of hydrogen-bond acceptors (Lipinski definition) is 7. The summed E-state index contributed by atoms with van der Waals surface area (Å²) < 4.78 is 25.2. The maximum absolute atomic E-state index is 11.7. The highest BCUT2D eigenvalue weighted by molar-refractivity contribution is 7.54. The first-order valence-corrected chi connectivity index (χ1v) is 6.50. The van der Waals surface area contributed by atoms with Crippen molar-refractivity contribution in [2.24, 2.45) is 0 Å². The Labute approximate surface area is 94.3 Å². The summed E-state index contributed by atoms with van der Waals surface area (Å²) in [6.07, 6.45) is 1.08. The van der Waals surface area contributed by atoms with E-state index in [9.17, 15) is 9.36 Å². The zero-order valence-corrected chi connectivity index (χ0v) is 10.5. The number of hydrogen-bond donors (Lipinski definition) is 0. The third-order valence-corrected chi connectivity index (χ3v) is 2.86. The van der Waals surface area contributed by atoms with E-state index in [1.165, 1.54) is 0 Å². The Bertz CT molecular complexity index is 233. The highest BCUT2D eigenvalue weighted by Crippen LogP contribution is 2.48. The highest BCUT2D eigenvalue weighted by atomic mass is 31.2. The van der Waals surface area contributed by atoms with E-state index in [2.05, 4.69) is 19.1 Å². The van der Waals surface area contributed by atoms with Crippen LogP contribution in [0.1, 0.15) is 19.8 Å². The lowest BCUT2D eigenvalue weighted by Crippen LogP contribution is -2.13. The molecule has 0 aromatic heterocycles. The van der Waals surface area contributed by atoms with Gasteiger partial charge in [-0.15, -0.1) is 9.35 Å². The predicted octanol–water partition coefficient (Wildman–Crippen LogP) is 1.68. The lowest BCUT2D eigenvalue weighted by Gasteiger charge is -2.12. The minimum absolute atomic E-state index is 0.273. The van der Waals surface area contributed by atoms with E-state index in [-0.39, 0.29) is 6.61 Å². The van der Waals surface area contributed by atoms with Gasteiger partial charge >= 0.3 is 13.6 Å². The Balaban J connectivity index is 4.07. The molecule has 8 heteroatoms. The van der Waals surface area contributed by atoms with Gasteiger partial charge in [-0.2, -0.15) is 0 Å². The van der Waals surface area contributed by atoms with Crippen LogP contribution < -0.4 is 0 Å². The summed E-state index contributed by atoms with van der Waals surface area (Å²) in [5.41, 5.74) is 0. The second-order valence-electron chi connectivity index (χ2n) is 2.83. The van der Waals surface area contributed by atoms with Gasteiger partial charge < -0.3 is 4.74 Å². The molecule has 0 fully saturated rings. The molecule has 0 saturated heterocycles. The standard InChI is InChI=1S/C8H17O7P/c1-4-5-6-13-8(9)7-16(10,14-11-2)15-12-3/h4-7H2,1-3H3. The maximum atomic E-state index is 11.7. The maximum Gasteiger partial charge on any atom is 0.395 e. The third kappa shape index (κ3) is 6.92. The second-order valence-corrected chi connectivity index (χ2v) is 4.66. The molecule has 0 aliphatic rings. The van der Waals surface area contributed by atoms with Crippen molar-refractivity contribution in [3.05, 3.63) is 0 Å². The molecule has 0 aliphatic carbocycles. The van der Waals surface area contributed by atoms with Crippen molar-refractivity contribution >= 4 is 13.6 Å². The molecule has 0 saturated carbocycles. The molecule has 0 amide bonds. The molecule has 0 spiro atoms. The first-order valence-electron chi connectivity index (χ1n) is 4.77. The first-order chi connectivity index (χ1) is 7.58. The van der Waals surface area contributed by atoms with Gasteiger partial charge in [0.15, 0.2) is 6.16 Å². The second kappa shape index (κ2) is 8.66. The SMILES string of the molecule is CCCCOC(=O)CP(=O)(OOC)OOC. The van der Waals surface area contributed by atoms with Crippen LogP contribution >= 0.6 is 7.60 Å². The molecular formula is C8H17O7P. The fourth-order valence-corrected chi connectivity index (χ4v) is 1.82. The molecule has 16 heavy (non-hydrogen) atoms. The van der Waals surface area contributed by atoms with E-state index in [1.807, 2.05) is 6.92 Å². The van der Waals surface area contributed by atoms with Gasteiger partial charge in [-0.05, 0) is 6.42 Å². The van der Waals surface area contributed by atoms with Crippen LogP contribution in [-0.2, 0) is 33.2 Å². The number of esters is 1. The summed E-state index contributed by atoms with van der Waals surface area (Å²) in [6, 6.07) is 0. The zero-order valence-electron chi connectivity index (χ0n) is 9.63. The van der Waals surface area contributed by atoms with Gasteiger partial charge in [-0.1, -0.05) is 13.3 Å². The van der Waals surface area contributed by atoms with Crippen molar-refractivity contribution in [2.75, 3.05) is 27.0 Å². The molecule has 0 aromatic rings. The molecule has 0 radical (unpaired) electrons. The molecular weight excluding hydrogens is 239 g/mol. The predicted molar refractivity (Wildman–Crippen MR) is 54.5 cm³/mol. The van der Waals surface area contributed by atoms with Crippen LogP contribution in [0.4, 0.5) is 0 Å². The Morgan fingerprint density at radius 3 is 2.19 bits per heavy atom. The Kier molecular flexibility index (Phi) is 8.42. The van der Waals surface area contributed by atoms with Crippen LogP contribution in [-0.4, -0.2) is 33.0 Å². The number of carbonyl (C=O) groups excluding carboxylic acids is 1. The van der Waals surface area contributed by atoms with Gasteiger partial charge in [0.05, 0.1) is 20.8 Å². The fraction of sp³-hybridized carbons (Fsp3) is 0.875. The number of carbonyl (C=O) groups is 1. The van der Waals surface area contributed by atoms with Crippen LogP contribution in [0.3, 0.4) is 0 Å². The number of rotatable bonds is 9. The van der Waals surface area contributed by atoms with E-state index < -0.39 is 19.7 Å². The van der Waals surface area contributed by atoms with Crippen molar-refractivity contribution in [1.29, 1.82) is 0 Å². The van der Waals surface area contributed by atoms with Crippen molar-refractivity contribution in [1.82, 2.24) is 0 Å². The Morgan fingerprint density at radius 1 is 1.19 bits per heavy atom. The van der Waals surface area contributed by atoms with Crippen LogP contribution in [0.15, 0.2) is 0 Å². The van der Waals surface area contributed by atoms with Crippen LogP contribution in [0, 0.1) is 0 Å². The van der Waals surface area contributed by atoms with E-state index in [0.29, 0.717) is 0 Å². The van der Waals surface area contributed by atoms with Gasteiger partial charge in [0.1, 0.15) is 0 Å². The summed E-state index contributed by atoms with van der Waals surface area (Å²) in [4.78, 5) is 19.6. The van der Waals surface area contributed by atoms with Gasteiger partial charge in [0, 0.05) is 0 Å². The molecule has 0 bridgehead atoms. The van der Waals surface area contributed by atoms with E-state index in [4.69, 9.17) is 4.74 Å². The Hall–Kier alpha value is -0.460. The largest absolute Gasteiger partial charge is 0.465 e. The average Bonchev–Trinajstić information content (AvgIpc) is 2.18. The average molecular weight is 256 g/mol. The van der Waals surface area contributed by atoms with Crippen LogP contribution in [0.25, 0.3) is 0 Å². The van der Waals surface area contributed by atoms with Gasteiger partial charge in [0.25, 0.3) is 0 Å². The molecule has 0 N–H and O–H groups in total. The summed E-state index contributed by atoms with van der Waals surface area (Å²) in [5.74, 6) is -0.689. The Morgan fingerprint density at radius 2 is 1.75 bits per heavy atom. The van der Waals surface area contributed by atoms with Crippen LogP contribution in [0.2, 0.25) is 0 Å². The highest BCUT2D eigenvalue weighted by Gasteiger charge is 2.32. The zero-order chi connectivity index (χ0) is 12.4. The van der Waals surface area contributed by atoms with Gasteiger partial charge in [0.2, 0.25) is 0 Å². The molecule has 0 unspecified atom stereocenters. The number of ether oxygens (including phenoxy) is 1. The van der Waals surface area contributed by atoms with Crippen molar-refractivity contribution in [2.45, 2.75) is 19.8 Å². The smallest absolute Gasteiger partial charge is 0.395 e. The topological polar surface area (TPSA) is 80.3 Å². The minimum atomic E-state index is -3.74. The summed E-state index contributed by atoms with van der Waals surface area (Å²) >= 11 is 0. The van der Waals surface area contributed by atoms with Crippen molar-refractivity contribution < 1.29 is 33.2 Å². The summed E-state index contributed by atoms with van der Waals surface area (Å²) in [7, 11) is -1.45. The van der Waals surface area contributed by atoms with Gasteiger partial charge in [-0.3, -0.25) is 9.36 Å². The first kappa shape index (κ1) is 15.5. The minimum Gasteiger partial charge on any atom is -0.465 e. The van der Waals surface area contributed by atoms with Crippen molar-refractivity contribution in [3.63, 3.8) is 0 Å². The molecule has 0 rings (SSSR count). The fourth-order valence-electron chi connectivity index (χ4n) is 0.826. The van der Waals surface area contributed by atoms with Crippen LogP contribution in [0.5, 0.6) is 0 Å². The molecule has 96 valence electrons. The third-order valence-electron chi connectivity index (χ3n) is 1.46. The summed E-state index contributed by atoms with van der Waals surface area (Å²) in [5, 5.41) is 0. The molecule has 7 nitrogen and oxygen atoms in total. The molecule has 0 atom stereocenters. The van der Waals surface area contributed by atoms with Crippen molar-refractivity contribution in [3.8, 4) is 0 Å². The normalized spacial score (nSPS) is 11.4. The van der Waals surface area contributed by atoms with Gasteiger partial charge in [-0.25, -0.2) is 9.78 Å². The lowest BCUT2D eigenvalue weighted by molar-refractivity contribution is -0.242. The molecule has 0 heterocycles. The summed E-state index contributed by atoms with van der Waals surface area (Å²) in [6.45, 7) is 2.23. The van der Waals surface area contributed by atoms with E-state index in [1.54, 1.807) is 0 Å². The number of unbranched alkanes of at least 4 members (excludes halogenated alkanes) is 1. The van der Waals surface area contributed by atoms with E-state index in [0.717, 1.165) is 27.1 Å². The quantitative estimate of drug-likeness (QED) is 0.204. The lowest BCUT2D eigenvalue weighted by atomic mass is 10.4. The van der Waals surface area contributed by atoms with E-state index >= 15 is 0 Å². The molecule has 0 aromatic carbocycles.